The summed E-state index contributed by atoms with van der Waals surface area (Å²) in [6.07, 6.45) is 3.12. The molecule has 1 atom stereocenters. The average Bonchev–Trinajstić information content (AvgIpc) is 2.76. The van der Waals surface area contributed by atoms with Gasteiger partial charge in [0.1, 0.15) is 6.33 Å². The Balaban J connectivity index is 1.62. The molecule has 2 aromatic heterocycles. The van der Waals surface area contributed by atoms with Crippen LogP contribution in [-0.2, 0) is 7.05 Å². The summed E-state index contributed by atoms with van der Waals surface area (Å²) in [5.74, 6) is 0.655. The molecule has 29 heavy (non-hydrogen) atoms. The minimum absolute atomic E-state index is 0.103. The molecule has 8 nitrogen and oxygen atoms in total. The number of hydrogen-bond acceptors (Lipinski definition) is 7. The molecule has 4 rings (SSSR count). The van der Waals surface area contributed by atoms with Crippen molar-refractivity contribution in [1.29, 1.82) is 0 Å². The predicted molar refractivity (Wildman–Crippen MR) is 114 cm³/mol. The summed E-state index contributed by atoms with van der Waals surface area (Å²) in [6, 6.07) is 12.0. The minimum Gasteiger partial charge on any atom is -0.378 e. The Morgan fingerprint density at radius 2 is 1.93 bits per heavy atom. The summed E-state index contributed by atoms with van der Waals surface area (Å²) in [4.78, 5) is 29.7. The number of rotatable bonds is 4. The fraction of sp³-hybridized carbons (Fsp3) is 0.333. The highest BCUT2D eigenvalue weighted by atomic mass is 16.1. The number of piperazine rings is 1. The Labute approximate surface area is 169 Å². The van der Waals surface area contributed by atoms with Crippen molar-refractivity contribution in [3.8, 4) is 11.4 Å². The van der Waals surface area contributed by atoms with Gasteiger partial charge in [0.25, 0.3) is 5.56 Å². The van der Waals surface area contributed by atoms with Gasteiger partial charge in [-0.3, -0.25) is 9.36 Å². The molecule has 1 aliphatic heterocycles. The first-order valence-corrected chi connectivity index (χ1v) is 9.63. The summed E-state index contributed by atoms with van der Waals surface area (Å²) in [5.41, 5.74) is 3.50. The number of benzene rings is 1. The first-order chi connectivity index (χ1) is 14.0. The third-order valence-corrected chi connectivity index (χ3v) is 5.23. The third kappa shape index (κ3) is 3.97. The van der Waals surface area contributed by atoms with Crippen molar-refractivity contribution in [2.75, 3.05) is 43.5 Å². The molecule has 3 heterocycles. The third-order valence-electron chi connectivity index (χ3n) is 5.23. The SMILES string of the molecule is CN(C)c1ccc([C@H]2CN(c3nc(-c4ccncn4)cc(=O)n3C)CCN2)cc1. The maximum Gasteiger partial charge on any atom is 0.255 e. The fourth-order valence-corrected chi connectivity index (χ4v) is 3.54. The lowest BCUT2D eigenvalue weighted by atomic mass is 10.0. The zero-order chi connectivity index (χ0) is 20.4. The van der Waals surface area contributed by atoms with Crippen LogP contribution in [0.2, 0.25) is 0 Å². The van der Waals surface area contributed by atoms with E-state index < -0.39 is 0 Å². The first-order valence-electron chi connectivity index (χ1n) is 9.63. The van der Waals surface area contributed by atoms with Crippen LogP contribution >= 0.6 is 0 Å². The van der Waals surface area contributed by atoms with Crippen LogP contribution < -0.4 is 20.7 Å². The normalized spacial score (nSPS) is 16.7. The highest BCUT2D eigenvalue weighted by molar-refractivity contribution is 5.55. The molecule has 8 heteroatoms. The Morgan fingerprint density at radius 3 is 2.62 bits per heavy atom. The van der Waals surface area contributed by atoms with Gasteiger partial charge in [0.2, 0.25) is 5.95 Å². The molecule has 1 saturated heterocycles. The van der Waals surface area contributed by atoms with Gasteiger partial charge in [-0.2, -0.15) is 0 Å². The lowest BCUT2D eigenvalue weighted by Gasteiger charge is -2.35. The van der Waals surface area contributed by atoms with Gasteiger partial charge in [0.15, 0.2) is 0 Å². The summed E-state index contributed by atoms with van der Waals surface area (Å²) in [7, 11) is 5.83. The van der Waals surface area contributed by atoms with Crippen LogP contribution in [0.5, 0.6) is 0 Å². The molecule has 150 valence electrons. The lowest BCUT2D eigenvalue weighted by molar-refractivity contribution is 0.462. The second-order valence-electron chi connectivity index (χ2n) is 7.37. The molecule has 0 radical (unpaired) electrons. The van der Waals surface area contributed by atoms with Crippen LogP contribution in [0.3, 0.4) is 0 Å². The van der Waals surface area contributed by atoms with E-state index in [1.807, 2.05) is 14.1 Å². The highest BCUT2D eigenvalue weighted by Crippen LogP contribution is 2.24. The van der Waals surface area contributed by atoms with Crippen molar-refractivity contribution in [3.63, 3.8) is 0 Å². The molecule has 0 saturated carbocycles. The molecule has 0 amide bonds. The maximum atomic E-state index is 12.6. The van der Waals surface area contributed by atoms with Crippen LogP contribution in [0.15, 0.2) is 53.7 Å². The van der Waals surface area contributed by atoms with Crippen LogP contribution in [0.4, 0.5) is 11.6 Å². The number of aromatic nitrogens is 4. The van der Waals surface area contributed by atoms with Gasteiger partial charge in [-0.25, -0.2) is 15.0 Å². The zero-order valence-electron chi connectivity index (χ0n) is 16.9. The Bertz CT molecular complexity index is 1030. The van der Waals surface area contributed by atoms with Crippen LogP contribution in [0.1, 0.15) is 11.6 Å². The summed E-state index contributed by atoms with van der Waals surface area (Å²) >= 11 is 0. The van der Waals surface area contributed by atoms with E-state index in [9.17, 15) is 4.79 Å². The molecule has 0 spiro atoms. The zero-order valence-corrected chi connectivity index (χ0v) is 16.9. The number of nitrogens with one attached hydrogen (secondary N) is 1. The smallest absolute Gasteiger partial charge is 0.255 e. The second-order valence-corrected chi connectivity index (χ2v) is 7.37. The monoisotopic (exact) mass is 391 g/mol. The van der Waals surface area contributed by atoms with Crippen LogP contribution in [0, 0.1) is 0 Å². The highest BCUT2D eigenvalue weighted by Gasteiger charge is 2.24. The van der Waals surface area contributed by atoms with Crippen LogP contribution in [-0.4, -0.2) is 53.2 Å². The van der Waals surface area contributed by atoms with Crippen molar-refractivity contribution in [2.24, 2.45) is 7.05 Å². The second kappa shape index (κ2) is 8.00. The number of hydrogen-bond donors (Lipinski definition) is 1. The first kappa shape index (κ1) is 19.1. The molecular formula is C21H25N7O. The van der Waals surface area contributed by atoms with Crippen molar-refractivity contribution in [3.05, 3.63) is 64.8 Å². The van der Waals surface area contributed by atoms with Crippen molar-refractivity contribution >= 4 is 11.6 Å². The Hall–Kier alpha value is -3.26. The van der Waals surface area contributed by atoms with Crippen molar-refractivity contribution in [1.82, 2.24) is 24.8 Å². The average molecular weight is 391 g/mol. The molecule has 1 N–H and O–H groups in total. The molecule has 0 unspecified atom stereocenters. The van der Waals surface area contributed by atoms with Crippen molar-refractivity contribution < 1.29 is 0 Å². The molecule has 1 aliphatic rings. The fourth-order valence-electron chi connectivity index (χ4n) is 3.54. The van der Waals surface area contributed by atoms with E-state index in [1.165, 1.54) is 23.6 Å². The number of nitrogens with zero attached hydrogens (tertiary/aromatic N) is 6. The molecule has 0 bridgehead atoms. The summed E-state index contributed by atoms with van der Waals surface area (Å²) in [5, 5.41) is 3.57. The summed E-state index contributed by atoms with van der Waals surface area (Å²) in [6.45, 7) is 2.32. The summed E-state index contributed by atoms with van der Waals surface area (Å²) < 4.78 is 1.60. The van der Waals surface area contributed by atoms with Crippen molar-refractivity contribution in [2.45, 2.75) is 6.04 Å². The largest absolute Gasteiger partial charge is 0.378 e. The van der Waals surface area contributed by atoms with Gasteiger partial charge in [0, 0.05) is 64.8 Å². The molecule has 1 aromatic carbocycles. The topological polar surface area (TPSA) is 79.2 Å². The molecule has 3 aromatic rings. The number of anilines is 2. The van der Waals surface area contributed by atoms with Gasteiger partial charge in [0.05, 0.1) is 11.4 Å². The van der Waals surface area contributed by atoms with E-state index in [-0.39, 0.29) is 11.6 Å². The van der Waals surface area contributed by atoms with Gasteiger partial charge >= 0.3 is 0 Å². The Kier molecular flexibility index (Phi) is 5.26. The quantitative estimate of drug-likeness (QED) is 0.721. The molecular weight excluding hydrogens is 366 g/mol. The van der Waals surface area contributed by atoms with E-state index >= 15 is 0 Å². The van der Waals surface area contributed by atoms with Gasteiger partial charge < -0.3 is 15.1 Å². The molecule has 1 fully saturated rings. The maximum absolute atomic E-state index is 12.6. The van der Waals surface area contributed by atoms with E-state index in [0.29, 0.717) is 17.3 Å². The van der Waals surface area contributed by atoms with E-state index in [4.69, 9.17) is 4.98 Å². The predicted octanol–water partition coefficient (Wildman–Crippen LogP) is 1.45. The van der Waals surface area contributed by atoms with Gasteiger partial charge in [-0.05, 0) is 23.8 Å². The van der Waals surface area contributed by atoms with Crippen LogP contribution in [0.25, 0.3) is 11.4 Å². The molecule has 0 aliphatic carbocycles. The van der Waals surface area contributed by atoms with E-state index in [0.717, 1.165) is 19.6 Å². The lowest BCUT2D eigenvalue weighted by Crippen LogP contribution is -2.47. The minimum atomic E-state index is -0.103. The van der Waals surface area contributed by atoms with E-state index in [1.54, 1.807) is 23.9 Å². The standard InChI is InChI=1S/C21H25N7O/c1-26(2)16-6-4-15(5-7-16)19-13-28(11-10-23-19)21-25-18(12-20(29)27(21)3)17-8-9-22-14-24-17/h4-9,12,14,19,23H,10-11,13H2,1-3H3/t19-/m1/s1. The van der Waals surface area contributed by atoms with E-state index in [2.05, 4.69) is 49.4 Å². The van der Waals surface area contributed by atoms with Gasteiger partial charge in [-0.15, -0.1) is 0 Å². The Morgan fingerprint density at radius 1 is 1.14 bits per heavy atom. The van der Waals surface area contributed by atoms with Gasteiger partial charge in [-0.1, -0.05) is 12.1 Å².